The Kier molecular flexibility index (Phi) is 10.2. The number of fused-ring (bicyclic) bond motifs is 1. The summed E-state index contributed by atoms with van der Waals surface area (Å²) >= 11 is 8.31. The van der Waals surface area contributed by atoms with Crippen LogP contribution in [0.4, 0.5) is 5.69 Å². The molecule has 1 aliphatic rings. The lowest BCUT2D eigenvalue weighted by molar-refractivity contribution is -0.142. The molecule has 28 heavy (non-hydrogen) atoms. The monoisotopic (exact) mass is 468 g/mol. The Hall–Kier alpha value is -0.860. The Balaban J connectivity index is 0.00000196. The third-order valence-electron chi connectivity index (χ3n) is 4.74. The predicted molar refractivity (Wildman–Crippen MR) is 122 cm³/mol. The lowest BCUT2D eigenvalue weighted by Crippen LogP contribution is -2.55. The molecule has 1 aromatic carbocycles. The molecule has 1 atom stereocenters. The smallest absolute Gasteiger partial charge is 0.329 e. The average molecular weight is 470 g/mol. The predicted octanol–water partition coefficient (Wildman–Crippen LogP) is 4.29. The zero-order chi connectivity index (χ0) is 18.7. The van der Waals surface area contributed by atoms with E-state index in [1.165, 1.54) is 7.11 Å². The number of aromatic nitrogens is 2. The maximum Gasteiger partial charge on any atom is 0.329 e. The molecule has 1 unspecified atom stereocenters. The molecule has 0 aliphatic carbocycles. The molecule has 3 rings (SSSR count). The van der Waals surface area contributed by atoms with Crippen LogP contribution in [0.3, 0.4) is 0 Å². The molecule has 2 N–H and O–H groups in total. The molecule has 6 nitrogen and oxygen atoms in total. The number of methoxy groups -OCH3 is 1. The number of carbonyl (C=O) groups is 1. The van der Waals surface area contributed by atoms with E-state index in [1.54, 1.807) is 11.8 Å². The second-order valence-electron chi connectivity index (χ2n) is 6.36. The van der Waals surface area contributed by atoms with Gasteiger partial charge in [0.2, 0.25) is 0 Å². The van der Waals surface area contributed by atoms with Gasteiger partial charge in [-0.3, -0.25) is 0 Å². The maximum absolute atomic E-state index is 12.1. The summed E-state index contributed by atoms with van der Waals surface area (Å²) in [6.07, 6.45) is 2.21. The Bertz CT molecular complexity index is 786. The van der Waals surface area contributed by atoms with Gasteiger partial charge in [-0.2, -0.15) is 0 Å². The quantitative estimate of drug-likeness (QED) is 0.486. The Morgan fingerprint density at radius 2 is 2.11 bits per heavy atom. The summed E-state index contributed by atoms with van der Waals surface area (Å²) in [7, 11) is 1.41. The van der Waals surface area contributed by atoms with Gasteiger partial charge in [-0.1, -0.05) is 37.2 Å². The first-order chi connectivity index (χ1) is 12.6. The fourth-order valence-electron chi connectivity index (χ4n) is 3.22. The number of imidazole rings is 1. The summed E-state index contributed by atoms with van der Waals surface area (Å²) in [5.74, 6) is -0.261. The van der Waals surface area contributed by atoms with Crippen molar-refractivity contribution in [3.8, 4) is 0 Å². The number of nitrogens with zero attached hydrogens (tertiary/aromatic N) is 2. The topological polar surface area (TPSA) is 70.2 Å². The number of thioether (sulfide) groups is 1. The minimum atomic E-state index is -0.384. The van der Waals surface area contributed by atoms with Crippen molar-refractivity contribution in [1.82, 2.24) is 15.3 Å². The van der Waals surface area contributed by atoms with Crippen LogP contribution in [0.2, 0.25) is 5.02 Å². The Morgan fingerprint density at radius 1 is 1.39 bits per heavy atom. The number of esters is 1. The highest BCUT2D eigenvalue weighted by molar-refractivity contribution is 7.99. The maximum atomic E-state index is 12.1. The highest BCUT2D eigenvalue weighted by atomic mass is 35.5. The number of hydrogen-bond donors (Lipinski definition) is 2. The molecule has 158 valence electrons. The molecular weight excluding hydrogens is 443 g/mol. The summed E-state index contributed by atoms with van der Waals surface area (Å²) in [5.41, 5.74) is 2.61. The highest BCUT2D eigenvalue weighted by Crippen LogP contribution is 2.34. The van der Waals surface area contributed by atoms with Crippen molar-refractivity contribution in [3.63, 3.8) is 0 Å². The zero-order valence-electron chi connectivity index (χ0n) is 16.2. The Labute approximate surface area is 187 Å². The first-order valence-corrected chi connectivity index (χ1v) is 10.2. The fraction of sp³-hybridized carbons (Fsp3) is 0.556. The molecule has 2 aromatic rings. The number of rotatable bonds is 6. The number of anilines is 1. The number of halogens is 3. The van der Waals surface area contributed by atoms with Gasteiger partial charge < -0.3 is 19.9 Å². The van der Waals surface area contributed by atoms with Crippen molar-refractivity contribution < 1.29 is 9.53 Å². The number of aromatic amines is 1. The van der Waals surface area contributed by atoms with Gasteiger partial charge >= 0.3 is 5.97 Å². The van der Waals surface area contributed by atoms with E-state index in [0.29, 0.717) is 23.4 Å². The number of hydrogen-bond acceptors (Lipinski definition) is 6. The summed E-state index contributed by atoms with van der Waals surface area (Å²) < 4.78 is 4.95. The molecule has 0 spiro atoms. The summed E-state index contributed by atoms with van der Waals surface area (Å²) in [6.45, 7) is 6.40. The van der Waals surface area contributed by atoms with Gasteiger partial charge in [-0.25, -0.2) is 9.78 Å². The van der Waals surface area contributed by atoms with Gasteiger partial charge in [-0.15, -0.1) is 24.8 Å². The summed E-state index contributed by atoms with van der Waals surface area (Å²) in [6, 6.07) is 3.48. The SMILES string of the molecule is CCC(CC)Sc1nc2cc(Cl)c(N3CCNCC3C(=O)OC)cc2[nH]1.Cl.Cl. The number of carbonyl (C=O) groups excluding carboxylic acids is 1. The van der Waals surface area contributed by atoms with E-state index in [1.807, 2.05) is 17.0 Å². The standard InChI is InChI=1S/C18H25ClN4O2S.2ClH/c1-4-11(5-2)26-18-21-13-8-12(19)15(9-14(13)22-18)23-7-6-20-10-16(23)17(24)25-3;;/h8-9,11,16,20H,4-7,10H2,1-3H3,(H,21,22);2*1H. The van der Waals surface area contributed by atoms with E-state index >= 15 is 0 Å². The van der Waals surface area contributed by atoms with Crippen molar-refractivity contribution in [2.75, 3.05) is 31.6 Å². The van der Waals surface area contributed by atoms with Crippen LogP contribution in [0.5, 0.6) is 0 Å². The van der Waals surface area contributed by atoms with Crippen LogP contribution in [-0.2, 0) is 9.53 Å². The molecule has 1 aromatic heterocycles. The number of ether oxygens (including phenoxy) is 1. The van der Waals surface area contributed by atoms with Gasteiger partial charge in [0.15, 0.2) is 5.16 Å². The van der Waals surface area contributed by atoms with Crippen LogP contribution in [0.15, 0.2) is 17.3 Å². The molecule has 0 bridgehead atoms. The van der Waals surface area contributed by atoms with Crippen LogP contribution >= 0.6 is 48.2 Å². The third kappa shape index (κ3) is 5.39. The molecule has 2 heterocycles. The van der Waals surface area contributed by atoms with E-state index in [4.69, 9.17) is 16.3 Å². The molecular formula is C18H27Cl3N4O2S. The van der Waals surface area contributed by atoms with E-state index in [2.05, 4.69) is 29.1 Å². The summed E-state index contributed by atoms with van der Waals surface area (Å²) in [5, 5.41) is 5.28. The normalized spacial score (nSPS) is 16.6. The van der Waals surface area contributed by atoms with Crippen LogP contribution in [-0.4, -0.2) is 54.0 Å². The first kappa shape index (κ1) is 25.2. The van der Waals surface area contributed by atoms with Crippen molar-refractivity contribution in [2.45, 2.75) is 43.1 Å². The molecule has 0 saturated carbocycles. The minimum Gasteiger partial charge on any atom is -0.467 e. The highest BCUT2D eigenvalue weighted by Gasteiger charge is 2.31. The molecule has 1 fully saturated rings. The second kappa shape index (κ2) is 11.4. The van der Waals surface area contributed by atoms with E-state index in [9.17, 15) is 4.79 Å². The van der Waals surface area contributed by atoms with Gasteiger partial charge in [0.05, 0.1) is 28.9 Å². The number of piperazine rings is 1. The largest absolute Gasteiger partial charge is 0.467 e. The minimum absolute atomic E-state index is 0. The van der Waals surface area contributed by atoms with Gasteiger partial charge in [0.25, 0.3) is 0 Å². The van der Waals surface area contributed by atoms with Crippen LogP contribution in [0.1, 0.15) is 26.7 Å². The van der Waals surface area contributed by atoms with Crippen molar-refractivity contribution in [3.05, 3.63) is 17.2 Å². The first-order valence-electron chi connectivity index (χ1n) is 8.98. The molecule has 1 aliphatic heterocycles. The van der Waals surface area contributed by atoms with Gasteiger partial charge in [-0.05, 0) is 25.0 Å². The lowest BCUT2D eigenvalue weighted by Gasteiger charge is -2.36. The van der Waals surface area contributed by atoms with Crippen LogP contribution in [0, 0.1) is 0 Å². The molecule has 0 radical (unpaired) electrons. The Morgan fingerprint density at radius 3 is 2.75 bits per heavy atom. The van der Waals surface area contributed by atoms with E-state index in [-0.39, 0.29) is 36.8 Å². The number of H-pyrrole nitrogens is 1. The average Bonchev–Trinajstić information content (AvgIpc) is 3.05. The van der Waals surface area contributed by atoms with E-state index < -0.39 is 0 Å². The van der Waals surface area contributed by atoms with Crippen LogP contribution < -0.4 is 10.2 Å². The fourth-order valence-corrected chi connectivity index (χ4v) is 4.46. The van der Waals surface area contributed by atoms with Crippen molar-refractivity contribution >= 4 is 70.9 Å². The van der Waals surface area contributed by atoms with Crippen molar-refractivity contribution in [1.29, 1.82) is 0 Å². The zero-order valence-corrected chi connectivity index (χ0v) is 19.4. The van der Waals surface area contributed by atoms with Gasteiger partial charge in [0, 0.05) is 24.9 Å². The second-order valence-corrected chi connectivity index (χ2v) is 8.05. The number of benzene rings is 1. The van der Waals surface area contributed by atoms with Crippen LogP contribution in [0.25, 0.3) is 11.0 Å². The van der Waals surface area contributed by atoms with E-state index in [0.717, 1.165) is 41.3 Å². The molecule has 10 heteroatoms. The third-order valence-corrected chi connectivity index (χ3v) is 6.46. The number of nitrogens with one attached hydrogen (secondary N) is 2. The van der Waals surface area contributed by atoms with Gasteiger partial charge in [0.1, 0.15) is 6.04 Å². The van der Waals surface area contributed by atoms with Crippen molar-refractivity contribution in [2.24, 2.45) is 0 Å². The summed E-state index contributed by atoms with van der Waals surface area (Å²) in [4.78, 5) is 22.2. The molecule has 0 amide bonds. The lowest BCUT2D eigenvalue weighted by atomic mass is 10.1. The molecule has 1 saturated heterocycles.